The van der Waals surface area contributed by atoms with Gasteiger partial charge in [0.15, 0.2) is 11.7 Å². The Balaban J connectivity index is 4.13. The SMILES string of the molecule is CC(C)N[C@@H](CCCNC(=N)N(C)C)C(=O)C(C)C. The summed E-state index contributed by atoms with van der Waals surface area (Å²) in [4.78, 5) is 13.8. The summed E-state index contributed by atoms with van der Waals surface area (Å²) < 4.78 is 0. The molecule has 0 unspecified atom stereocenters. The average molecular weight is 270 g/mol. The second-order valence-electron chi connectivity index (χ2n) is 5.74. The van der Waals surface area contributed by atoms with Crippen molar-refractivity contribution >= 4 is 11.7 Å². The number of hydrogen-bond donors (Lipinski definition) is 3. The molecule has 0 aromatic heterocycles. The van der Waals surface area contributed by atoms with Crippen LogP contribution in [0.2, 0.25) is 0 Å². The van der Waals surface area contributed by atoms with Crippen molar-refractivity contribution in [2.45, 2.75) is 52.6 Å². The first-order valence-electron chi connectivity index (χ1n) is 7.05. The van der Waals surface area contributed by atoms with Crippen LogP contribution < -0.4 is 10.6 Å². The van der Waals surface area contributed by atoms with Gasteiger partial charge in [0, 0.05) is 32.6 Å². The summed E-state index contributed by atoms with van der Waals surface area (Å²) in [6.45, 7) is 8.72. The highest BCUT2D eigenvalue weighted by molar-refractivity contribution is 5.85. The van der Waals surface area contributed by atoms with E-state index in [-0.39, 0.29) is 17.7 Å². The van der Waals surface area contributed by atoms with Crippen molar-refractivity contribution in [2.24, 2.45) is 5.92 Å². The van der Waals surface area contributed by atoms with Crippen LogP contribution in [0.4, 0.5) is 0 Å². The molecule has 0 aliphatic heterocycles. The normalized spacial score (nSPS) is 12.6. The van der Waals surface area contributed by atoms with E-state index in [0.29, 0.717) is 12.0 Å². The van der Waals surface area contributed by atoms with Crippen LogP contribution in [-0.4, -0.2) is 49.4 Å². The highest BCUT2D eigenvalue weighted by Gasteiger charge is 2.21. The number of carbonyl (C=O) groups is 1. The van der Waals surface area contributed by atoms with Crippen molar-refractivity contribution < 1.29 is 4.79 Å². The highest BCUT2D eigenvalue weighted by atomic mass is 16.1. The molecule has 0 aliphatic carbocycles. The minimum Gasteiger partial charge on any atom is -0.356 e. The molecule has 3 N–H and O–H groups in total. The minimum atomic E-state index is -0.0738. The van der Waals surface area contributed by atoms with E-state index in [1.54, 1.807) is 4.90 Å². The summed E-state index contributed by atoms with van der Waals surface area (Å²) in [6, 6.07) is 0.232. The molecule has 0 fully saturated rings. The largest absolute Gasteiger partial charge is 0.356 e. The first-order valence-corrected chi connectivity index (χ1v) is 7.05. The van der Waals surface area contributed by atoms with Crippen LogP contribution in [0.15, 0.2) is 0 Å². The third-order valence-electron chi connectivity index (χ3n) is 2.86. The van der Waals surface area contributed by atoms with E-state index in [4.69, 9.17) is 5.41 Å². The summed E-state index contributed by atoms with van der Waals surface area (Å²) >= 11 is 0. The van der Waals surface area contributed by atoms with Gasteiger partial charge in [0.05, 0.1) is 6.04 Å². The van der Waals surface area contributed by atoms with E-state index in [9.17, 15) is 4.79 Å². The number of hydrogen-bond acceptors (Lipinski definition) is 3. The highest BCUT2D eigenvalue weighted by Crippen LogP contribution is 2.07. The molecule has 0 saturated carbocycles. The van der Waals surface area contributed by atoms with Crippen molar-refractivity contribution in [1.82, 2.24) is 15.5 Å². The van der Waals surface area contributed by atoms with Crippen LogP contribution in [0.3, 0.4) is 0 Å². The van der Waals surface area contributed by atoms with E-state index >= 15 is 0 Å². The van der Waals surface area contributed by atoms with E-state index in [1.165, 1.54) is 0 Å². The molecule has 0 aliphatic rings. The van der Waals surface area contributed by atoms with Crippen molar-refractivity contribution in [2.75, 3.05) is 20.6 Å². The molecule has 0 spiro atoms. The lowest BCUT2D eigenvalue weighted by molar-refractivity contribution is -0.124. The third-order valence-corrected chi connectivity index (χ3v) is 2.86. The number of nitrogens with one attached hydrogen (secondary N) is 3. The minimum absolute atomic E-state index is 0.0595. The van der Waals surface area contributed by atoms with Crippen LogP contribution in [0.1, 0.15) is 40.5 Å². The Morgan fingerprint density at radius 3 is 2.21 bits per heavy atom. The van der Waals surface area contributed by atoms with Crippen LogP contribution in [0, 0.1) is 11.3 Å². The summed E-state index contributed by atoms with van der Waals surface area (Å²) in [5.41, 5.74) is 0. The monoisotopic (exact) mass is 270 g/mol. The fraction of sp³-hybridized carbons (Fsp3) is 0.857. The van der Waals surface area contributed by atoms with E-state index in [0.717, 1.165) is 19.4 Å². The molecule has 0 amide bonds. The van der Waals surface area contributed by atoms with Gasteiger partial charge in [0.25, 0.3) is 0 Å². The number of carbonyl (C=O) groups excluding carboxylic acids is 1. The summed E-state index contributed by atoms with van der Waals surface area (Å²) in [5.74, 6) is 0.740. The van der Waals surface area contributed by atoms with Gasteiger partial charge < -0.3 is 15.5 Å². The number of nitrogens with zero attached hydrogens (tertiary/aromatic N) is 1. The molecule has 112 valence electrons. The van der Waals surface area contributed by atoms with Crippen LogP contribution in [-0.2, 0) is 4.79 Å². The quantitative estimate of drug-likeness (QED) is 0.355. The maximum atomic E-state index is 12.1. The Morgan fingerprint density at radius 1 is 1.21 bits per heavy atom. The van der Waals surface area contributed by atoms with Gasteiger partial charge in [-0.3, -0.25) is 10.2 Å². The Labute approximate surface area is 117 Å². The van der Waals surface area contributed by atoms with Crippen LogP contribution in [0.5, 0.6) is 0 Å². The molecule has 0 aromatic rings. The van der Waals surface area contributed by atoms with Crippen LogP contribution in [0.25, 0.3) is 0 Å². The van der Waals surface area contributed by atoms with E-state index < -0.39 is 0 Å². The maximum Gasteiger partial charge on any atom is 0.190 e. The Bertz CT molecular complexity index is 287. The van der Waals surface area contributed by atoms with Crippen molar-refractivity contribution in [1.29, 1.82) is 5.41 Å². The Morgan fingerprint density at radius 2 is 1.79 bits per heavy atom. The zero-order valence-corrected chi connectivity index (χ0v) is 13.2. The second kappa shape index (κ2) is 8.91. The molecule has 0 aromatic carbocycles. The van der Waals surface area contributed by atoms with E-state index in [2.05, 4.69) is 24.5 Å². The molecule has 5 nitrogen and oxygen atoms in total. The topological polar surface area (TPSA) is 68.2 Å². The molecule has 5 heteroatoms. The zero-order valence-electron chi connectivity index (χ0n) is 13.2. The van der Waals surface area contributed by atoms with Gasteiger partial charge in [-0.2, -0.15) is 0 Å². The number of ketones is 1. The summed E-state index contributed by atoms with van der Waals surface area (Å²) in [7, 11) is 3.67. The first kappa shape index (κ1) is 17.9. The van der Waals surface area contributed by atoms with Gasteiger partial charge in [-0.25, -0.2) is 0 Å². The number of Topliss-reactive ketones (excluding diaryl/α,β-unsaturated/α-hetero) is 1. The van der Waals surface area contributed by atoms with Gasteiger partial charge in [0.2, 0.25) is 0 Å². The van der Waals surface area contributed by atoms with Crippen molar-refractivity contribution in [3.8, 4) is 0 Å². The molecule has 0 bridgehead atoms. The van der Waals surface area contributed by atoms with Gasteiger partial charge in [0.1, 0.15) is 0 Å². The van der Waals surface area contributed by atoms with Gasteiger partial charge in [-0.05, 0) is 12.8 Å². The molecule has 19 heavy (non-hydrogen) atoms. The zero-order chi connectivity index (χ0) is 15.0. The second-order valence-corrected chi connectivity index (χ2v) is 5.74. The van der Waals surface area contributed by atoms with Crippen molar-refractivity contribution in [3.63, 3.8) is 0 Å². The van der Waals surface area contributed by atoms with Crippen molar-refractivity contribution in [3.05, 3.63) is 0 Å². The Hall–Kier alpha value is -1.10. The predicted molar refractivity (Wildman–Crippen MR) is 80.6 cm³/mol. The van der Waals surface area contributed by atoms with Gasteiger partial charge in [-0.15, -0.1) is 0 Å². The molecule has 0 heterocycles. The fourth-order valence-corrected chi connectivity index (χ4v) is 1.78. The molecular weight excluding hydrogens is 240 g/mol. The van der Waals surface area contributed by atoms with Gasteiger partial charge >= 0.3 is 0 Å². The molecular formula is C14H30N4O. The lowest BCUT2D eigenvalue weighted by Crippen LogP contribution is -2.43. The standard InChI is InChI=1S/C14H30N4O/c1-10(2)13(19)12(17-11(3)4)8-7-9-16-14(15)18(5)6/h10-12,17H,7-9H2,1-6H3,(H2,15,16)/t12-/m0/s1. The molecule has 1 atom stereocenters. The number of guanidine groups is 1. The lowest BCUT2D eigenvalue weighted by Gasteiger charge is -2.22. The lowest BCUT2D eigenvalue weighted by atomic mass is 9.97. The molecule has 0 radical (unpaired) electrons. The predicted octanol–water partition coefficient (Wildman–Crippen LogP) is 1.44. The fourth-order valence-electron chi connectivity index (χ4n) is 1.78. The Kier molecular flexibility index (Phi) is 8.39. The summed E-state index contributed by atoms with van der Waals surface area (Å²) in [6.07, 6.45) is 1.68. The maximum absolute atomic E-state index is 12.1. The number of rotatable bonds is 8. The molecule has 0 rings (SSSR count). The van der Waals surface area contributed by atoms with Gasteiger partial charge in [-0.1, -0.05) is 27.7 Å². The smallest absolute Gasteiger partial charge is 0.190 e. The van der Waals surface area contributed by atoms with E-state index in [1.807, 2.05) is 27.9 Å². The van der Waals surface area contributed by atoms with Crippen LogP contribution >= 0.6 is 0 Å². The average Bonchev–Trinajstić information content (AvgIpc) is 2.30. The first-order chi connectivity index (χ1) is 8.75. The third kappa shape index (κ3) is 7.82. The summed E-state index contributed by atoms with van der Waals surface area (Å²) in [5, 5.41) is 14.0. The molecule has 0 saturated heterocycles.